The van der Waals surface area contributed by atoms with E-state index in [1.165, 1.54) is 25.1 Å². The Labute approximate surface area is 156 Å². The van der Waals surface area contributed by atoms with Crippen molar-refractivity contribution in [1.29, 1.82) is 0 Å². The van der Waals surface area contributed by atoms with Gasteiger partial charge in [0.1, 0.15) is 0 Å². The lowest BCUT2D eigenvalue weighted by Gasteiger charge is -2.13. The molecule has 0 aromatic heterocycles. The molecular formula is C18H11Cl2F3O3. The van der Waals surface area contributed by atoms with Gasteiger partial charge in [-0.15, -0.1) is 0 Å². The molecule has 3 nitrogen and oxygen atoms in total. The zero-order valence-electron chi connectivity index (χ0n) is 13.2. The first-order valence-electron chi connectivity index (χ1n) is 7.12. The zero-order chi connectivity index (χ0) is 19.6. The van der Waals surface area contributed by atoms with Crippen LogP contribution in [-0.4, -0.2) is 23.0 Å². The van der Waals surface area contributed by atoms with Gasteiger partial charge in [-0.1, -0.05) is 35.3 Å². The molecule has 2 aromatic rings. The molecule has 0 amide bonds. The molecule has 0 saturated carbocycles. The third-order valence-corrected chi connectivity index (χ3v) is 3.94. The van der Waals surface area contributed by atoms with Crippen LogP contribution >= 0.6 is 23.2 Å². The molecule has 0 heterocycles. The number of alkyl halides is 3. The van der Waals surface area contributed by atoms with Crippen LogP contribution in [0, 0.1) is 6.92 Å². The molecule has 1 N–H and O–H groups in total. The number of hydrogen-bond acceptors (Lipinski definition) is 2. The summed E-state index contributed by atoms with van der Waals surface area (Å²) in [5.74, 6) is -2.27. The van der Waals surface area contributed by atoms with Crippen LogP contribution in [0.3, 0.4) is 0 Å². The Hall–Kier alpha value is -2.31. The number of carboxylic acids is 1. The molecule has 0 aliphatic heterocycles. The van der Waals surface area contributed by atoms with Crippen molar-refractivity contribution in [3.05, 3.63) is 74.8 Å². The third-order valence-electron chi connectivity index (χ3n) is 3.51. The highest BCUT2D eigenvalue weighted by Crippen LogP contribution is 2.36. The summed E-state index contributed by atoms with van der Waals surface area (Å²) in [4.78, 5) is 23.4. The minimum absolute atomic E-state index is 0.0152. The first kappa shape index (κ1) is 20.0. The lowest BCUT2D eigenvalue weighted by molar-refractivity contribution is -0.0689. The number of allylic oxidation sites excluding steroid dienone is 2. The van der Waals surface area contributed by atoms with E-state index in [4.69, 9.17) is 28.3 Å². The second kappa shape index (κ2) is 7.51. The van der Waals surface area contributed by atoms with Gasteiger partial charge in [0, 0.05) is 15.6 Å². The Bertz CT molecular complexity index is 898. The maximum absolute atomic E-state index is 13.4. The number of hydrogen-bond donors (Lipinski definition) is 1. The number of ketones is 1. The molecule has 0 unspecified atom stereocenters. The molecule has 0 aliphatic rings. The number of aryl methyl sites for hydroxylation is 1. The summed E-state index contributed by atoms with van der Waals surface area (Å²) in [6, 6.07) is 7.00. The van der Waals surface area contributed by atoms with Gasteiger partial charge < -0.3 is 5.11 Å². The summed E-state index contributed by atoms with van der Waals surface area (Å²) in [7, 11) is 0. The van der Waals surface area contributed by atoms with Gasteiger partial charge in [0.05, 0.1) is 11.1 Å². The van der Waals surface area contributed by atoms with Gasteiger partial charge in [0.25, 0.3) is 0 Å². The van der Waals surface area contributed by atoms with Gasteiger partial charge in [-0.05, 0) is 48.4 Å². The van der Waals surface area contributed by atoms with Crippen molar-refractivity contribution < 1.29 is 27.9 Å². The third kappa shape index (κ3) is 4.65. The van der Waals surface area contributed by atoms with E-state index >= 15 is 0 Å². The van der Waals surface area contributed by atoms with E-state index < -0.39 is 23.5 Å². The Morgan fingerprint density at radius 3 is 2.08 bits per heavy atom. The molecule has 0 aliphatic carbocycles. The van der Waals surface area contributed by atoms with Gasteiger partial charge >= 0.3 is 12.1 Å². The van der Waals surface area contributed by atoms with Crippen LogP contribution in [0.25, 0.3) is 5.57 Å². The van der Waals surface area contributed by atoms with Crippen molar-refractivity contribution in [2.45, 2.75) is 13.1 Å². The monoisotopic (exact) mass is 402 g/mol. The smallest absolute Gasteiger partial charge is 0.417 e. The molecule has 2 aromatic carbocycles. The molecular weight excluding hydrogens is 392 g/mol. The van der Waals surface area contributed by atoms with Crippen molar-refractivity contribution in [1.82, 2.24) is 0 Å². The minimum Gasteiger partial charge on any atom is -0.478 e. The summed E-state index contributed by atoms with van der Waals surface area (Å²) >= 11 is 11.5. The molecule has 0 saturated heterocycles. The van der Waals surface area contributed by atoms with Crippen LogP contribution in [0.4, 0.5) is 13.2 Å². The second-order valence-corrected chi connectivity index (χ2v) is 6.29. The highest BCUT2D eigenvalue weighted by atomic mass is 35.5. The molecule has 8 heteroatoms. The maximum Gasteiger partial charge on any atom is 0.417 e. The number of halogens is 5. The summed E-state index contributed by atoms with van der Waals surface area (Å²) in [5, 5.41) is 9.06. The van der Waals surface area contributed by atoms with Crippen molar-refractivity contribution in [3.63, 3.8) is 0 Å². The van der Waals surface area contributed by atoms with E-state index in [1.807, 2.05) is 0 Å². The Morgan fingerprint density at radius 1 is 1.00 bits per heavy atom. The minimum atomic E-state index is -4.84. The second-order valence-electron chi connectivity index (χ2n) is 5.41. The van der Waals surface area contributed by atoms with E-state index in [0.717, 1.165) is 18.2 Å². The van der Waals surface area contributed by atoms with E-state index in [0.29, 0.717) is 11.6 Å². The highest BCUT2D eigenvalue weighted by molar-refractivity contribution is 6.35. The Kier molecular flexibility index (Phi) is 5.78. The summed E-state index contributed by atoms with van der Waals surface area (Å²) < 4.78 is 40.2. The van der Waals surface area contributed by atoms with Crippen molar-refractivity contribution in [3.8, 4) is 0 Å². The molecule has 0 fully saturated rings. The molecule has 0 radical (unpaired) electrons. The van der Waals surface area contributed by atoms with Crippen LogP contribution in [0.2, 0.25) is 10.0 Å². The predicted molar refractivity (Wildman–Crippen MR) is 93.0 cm³/mol. The molecule has 0 spiro atoms. The van der Waals surface area contributed by atoms with Gasteiger partial charge in [-0.3, -0.25) is 4.79 Å². The van der Waals surface area contributed by atoms with Gasteiger partial charge in [-0.2, -0.15) is 13.2 Å². The standard InChI is InChI=1S/C18H11Cl2F3O3/c1-9-2-3-10(6-14(9)17(25)26)16(24)8-15(18(21,22)23)11-4-12(19)7-13(20)5-11/h2-8H,1H3,(H,25,26)/b15-8+. The maximum atomic E-state index is 13.4. The summed E-state index contributed by atoms with van der Waals surface area (Å²) in [6.07, 6.45) is -4.44. The fourth-order valence-corrected chi connectivity index (χ4v) is 2.78. The number of rotatable bonds is 4. The predicted octanol–water partition coefficient (Wildman–Crippen LogP) is 5.83. The summed E-state index contributed by atoms with van der Waals surface area (Å²) in [6.45, 7) is 1.52. The quantitative estimate of drug-likeness (QED) is 0.517. The molecule has 0 bridgehead atoms. The first-order chi connectivity index (χ1) is 12.0. The van der Waals surface area contributed by atoms with E-state index in [9.17, 15) is 22.8 Å². The lowest BCUT2D eigenvalue weighted by Crippen LogP contribution is -2.13. The van der Waals surface area contributed by atoms with Gasteiger partial charge in [0.15, 0.2) is 5.78 Å². The highest BCUT2D eigenvalue weighted by Gasteiger charge is 2.35. The number of carboxylic acid groups (broad SMARTS) is 1. The lowest BCUT2D eigenvalue weighted by atomic mass is 9.99. The fraction of sp³-hybridized carbons (Fsp3) is 0.111. The topological polar surface area (TPSA) is 54.4 Å². The molecule has 136 valence electrons. The van der Waals surface area contributed by atoms with Gasteiger partial charge in [0.2, 0.25) is 0 Å². The normalized spacial score (nSPS) is 12.2. The van der Waals surface area contributed by atoms with Crippen molar-refractivity contribution >= 4 is 40.5 Å². The average molecular weight is 403 g/mol. The van der Waals surface area contributed by atoms with Crippen LogP contribution in [0.15, 0.2) is 42.5 Å². The summed E-state index contributed by atoms with van der Waals surface area (Å²) in [5.41, 5.74) is -1.56. The van der Waals surface area contributed by atoms with Crippen LogP contribution in [0.5, 0.6) is 0 Å². The Balaban J connectivity index is 2.56. The van der Waals surface area contributed by atoms with E-state index in [-0.39, 0.29) is 26.7 Å². The number of carbonyl (C=O) groups excluding carboxylic acids is 1. The number of carbonyl (C=O) groups is 2. The Morgan fingerprint density at radius 2 is 1.58 bits per heavy atom. The fourth-order valence-electron chi connectivity index (χ4n) is 2.26. The molecule has 0 atom stereocenters. The van der Waals surface area contributed by atoms with Crippen LogP contribution < -0.4 is 0 Å². The zero-order valence-corrected chi connectivity index (χ0v) is 14.7. The number of benzene rings is 2. The van der Waals surface area contributed by atoms with Crippen molar-refractivity contribution in [2.24, 2.45) is 0 Å². The van der Waals surface area contributed by atoms with E-state index in [1.54, 1.807) is 0 Å². The average Bonchev–Trinajstić information content (AvgIpc) is 2.50. The van der Waals surface area contributed by atoms with Crippen molar-refractivity contribution in [2.75, 3.05) is 0 Å². The van der Waals surface area contributed by atoms with E-state index in [2.05, 4.69) is 0 Å². The number of aromatic carboxylic acids is 1. The molecule has 26 heavy (non-hydrogen) atoms. The van der Waals surface area contributed by atoms with Crippen LogP contribution in [0.1, 0.15) is 31.8 Å². The van der Waals surface area contributed by atoms with Gasteiger partial charge in [-0.25, -0.2) is 4.79 Å². The van der Waals surface area contributed by atoms with Crippen LogP contribution in [-0.2, 0) is 0 Å². The SMILES string of the molecule is Cc1ccc(C(=O)/C=C(\c2cc(Cl)cc(Cl)c2)C(F)(F)F)cc1C(=O)O. The first-order valence-corrected chi connectivity index (χ1v) is 7.88. The molecule has 2 rings (SSSR count). The largest absolute Gasteiger partial charge is 0.478 e.